The first-order valence-corrected chi connectivity index (χ1v) is 7.42. The predicted molar refractivity (Wildman–Crippen MR) is 81.7 cm³/mol. The molecule has 2 rings (SSSR count). The standard InChI is InChI=1S/C16H20ClNO3/c1-10-5-6-11(9-12(10)17)14(19)18-8-4-7-16(2,3)13(18)15(20)21/h5-6,9,13H,4,7-8H2,1-3H3,(H,20,21). The number of rotatable bonds is 2. The molecule has 1 saturated heterocycles. The quantitative estimate of drug-likeness (QED) is 0.911. The van der Waals surface area contributed by atoms with Crippen molar-refractivity contribution in [1.82, 2.24) is 4.90 Å². The van der Waals surface area contributed by atoms with Crippen LogP contribution in [0.15, 0.2) is 18.2 Å². The van der Waals surface area contributed by atoms with Crippen molar-refractivity contribution in [3.05, 3.63) is 34.3 Å². The number of piperidine rings is 1. The topological polar surface area (TPSA) is 57.6 Å². The molecule has 0 spiro atoms. The summed E-state index contributed by atoms with van der Waals surface area (Å²) in [6, 6.07) is 4.28. The molecule has 1 heterocycles. The Morgan fingerprint density at radius 3 is 2.62 bits per heavy atom. The fourth-order valence-corrected chi connectivity index (χ4v) is 3.15. The average molecular weight is 310 g/mol. The van der Waals surface area contributed by atoms with E-state index in [0.29, 0.717) is 17.1 Å². The number of carbonyl (C=O) groups excluding carboxylic acids is 1. The van der Waals surface area contributed by atoms with Gasteiger partial charge in [0, 0.05) is 17.1 Å². The van der Waals surface area contributed by atoms with Crippen LogP contribution in [0.4, 0.5) is 0 Å². The van der Waals surface area contributed by atoms with Gasteiger partial charge in [0.15, 0.2) is 0 Å². The van der Waals surface area contributed by atoms with Crippen molar-refractivity contribution in [3.8, 4) is 0 Å². The minimum atomic E-state index is -0.953. The number of likely N-dealkylation sites (tertiary alicyclic amines) is 1. The lowest BCUT2D eigenvalue weighted by Gasteiger charge is -2.44. The molecular weight excluding hydrogens is 290 g/mol. The van der Waals surface area contributed by atoms with E-state index in [4.69, 9.17) is 11.6 Å². The van der Waals surface area contributed by atoms with Gasteiger partial charge in [0.25, 0.3) is 5.91 Å². The molecule has 1 atom stereocenters. The Hall–Kier alpha value is -1.55. The van der Waals surface area contributed by atoms with Gasteiger partial charge in [-0.05, 0) is 42.9 Å². The smallest absolute Gasteiger partial charge is 0.326 e. The van der Waals surface area contributed by atoms with E-state index in [1.807, 2.05) is 20.8 Å². The van der Waals surface area contributed by atoms with Gasteiger partial charge in [0.05, 0.1) is 0 Å². The minimum absolute atomic E-state index is 0.267. The number of carboxylic acids is 1. The summed E-state index contributed by atoms with van der Waals surface area (Å²) in [5.74, 6) is -1.22. The fourth-order valence-electron chi connectivity index (χ4n) is 2.97. The third-order valence-corrected chi connectivity index (χ3v) is 4.59. The van der Waals surface area contributed by atoms with Crippen molar-refractivity contribution in [3.63, 3.8) is 0 Å². The number of nitrogens with zero attached hydrogens (tertiary/aromatic N) is 1. The summed E-state index contributed by atoms with van der Waals surface area (Å²) >= 11 is 6.06. The molecule has 1 fully saturated rings. The van der Waals surface area contributed by atoms with Crippen LogP contribution in [0.5, 0.6) is 0 Å². The van der Waals surface area contributed by atoms with E-state index in [1.54, 1.807) is 18.2 Å². The van der Waals surface area contributed by atoms with E-state index < -0.39 is 17.4 Å². The number of carboxylic acid groups (broad SMARTS) is 1. The molecular formula is C16H20ClNO3. The Kier molecular flexibility index (Phi) is 4.28. The van der Waals surface area contributed by atoms with Gasteiger partial charge in [0.2, 0.25) is 0 Å². The average Bonchev–Trinajstić information content (AvgIpc) is 2.39. The molecule has 0 radical (unpaired) electrons. The lowest BCUT2D eigenvalue weighted by Crippen LogP contribution is -2.56. The van der Waals surface area contributed by atoms with Crippen molar-refractivity contribution >= 4 is 23.5 Å². The first kappa shape index (κ1) is 15.8. The third kappa shape index (κ3) is 3.05. The van der Waals surface area contributed by atoms with Gasteiger partial charge in [-0.1, -0.05) is 31.5 Å². The molecule has 0 bridgehead atoms. The second-order valence-corrected chi connectivity index (χ2v) is 6.70. The zero-order valence-corrected chi connectivity index (χ0v) is 13.3. The lowest BCUT2D eigenvalue weighted by atomic mass is 9.76. The molecule has 21 heavy (non-hydrogen) atoms. The van der Waals surface area contributed by atoms with Crippen LogP contribution in [0.1, 0.15) is 42.6 Å². The molecule has 1 aliphatic rings. The highest BCUT2D eigenvalue weighted by molar-refractivity contribution is 6.31. The molecule has 5 heteroatoms. The Balaban J connectivity index is 2.35. The van der Waals surface area contributed by atoms with Gasteiger partial charge in [-0.15, -0.1) is 0 Å². The van der Waals surface area contributed by atoms with E-state index in [2.05, 4.69) is 0 Å². The first-order valence-electron chi connectivity index (χ1n) is 7.04. The van der Waals surface area contributed by atoms with Crippen LogP contribution in [0, 0.1) is 12.3 Å². The molecule has 114 valence electrons. The van der Waals surface area contributed by atoms with E-state index in [-0.39, 0.29) is 5.91 Å². The van der Waals surface area contributed by atoms with Crippen molar-refractivity contribution in [1.29, 1.82) is 0 Å². The minimum Gasteiger partial charge on any atom is -0.480 e. The molecule has 1 aromatic rings. The molecule has 1 aliphatic heterocycles. The molecule has 1 N–H and O–H groups in total. The molecule has 1 amide bonds. The van der Waals surface area contributed by atoms with Gasteiger partial charge in [0.1, 0.15) is 6.04 Å². The van der Waals surface area contributed by atoms with Crippen LogP contribution in [-0.2, 0) is 4.79 Å². The molecule has 0 saturated carbocycles. The number of hydrogen-bond acceptors (Lipinski definition) is 2. The van der Waals surface area contributed by atoms with Crippen LogP contribution in [-0.4, -0.2) is 34.5 Å². The molecule has 0 aliphatic carbocycles. The van der Waals surface area contributed by atoms with Crippen molar-refractivity contribution in [2.24, 2.45) is 5.41 Å². The number of hydrogen-bond donors (Lipinski definition) is 1. The van der Waals surface area contributed by atoms with E-state index in [1.165, 1.54) is 4.90 Å². The van der Waals surface area contributed by atoms with Gasteiger partial charge >= 0.3 is 5.97 Å². The Labute approximate surface area is 129 Å². The largest absolute Gasteiger partial charge is 0.480 e. The first-order chi connectivity index (χ1) is 9.74. The molecule has 0 aromatic heterocycles. The maximum absolute atomic E-state index is 12.7. The SMILES string of the molecule is Cc1ccc(C(=O)N2CCCC(C)(C)C2C(=O)O)cc1Cl. The van der Waals surface area contributed by atoms with Crippen LogP contribution < -0.4 is 0 Å². The molecule has 4 nitrogen and oxygen atoms in total. The summed E-state index contributed by atoms with van der Waals surface area (Å²) in [5, 5.41) is 10.0. The predicted octanol–water partition coefficient (Wildman–Crippen LogP) is 3.36. The number of aryl methyl sites for hydroxylation is 1. The third-order valence-electron chi connectivity index (χ3n) is 4.19. The molecule has 1 unspecified atom stereocenters. The van der Waals surface area contributed by atoms with Crippen LogP contribution in [0.25, 0.3) is 0 Å². The van der Waals surface area contributed by atoms with E-state index in [0.717, 1.165) is 18.4 Å². The maximum atomic E-state index is 12.7. The van der Waals surface area contributed by atoms with Gasteiger partial charge in [-0.25, -0.2) is 4.79 Å². The second kappa shape index (κ2) is 5.68. The van der Waals surface area contributed by atoms with Crippen LogP contribution in [0.2, 0.25) is 5.02 Å². The van der Waals surface area contributed by atoms with E-state index in [9.17, 15) is 14.7 Å². The summed E-state index contributed by atoms with van der Waals surface area (Å²) < 4.78 is 0. The fraction of sp³-hybridized carbons (Fsp3) is 0.500. The molecule has 1 aromatic carbocycles. The summed E-state index contributed by atoms with van der Waals surface area (Å²) in [7, 11) is 0. The highest BCUT2D eigenvalue weighted by atomic mass is 35.5. The van der Waals surface area contributed by atoms with Crippen molar-refractivity contribution in [2.45, 2.75) is 39.7 Å². The van der Waals surface area contributed by atoms with E-state index >= 15 is 0 Å². The monoisotopic (exact) mass is 309 g/mol. The summed E-state index contributed by atoms with van der Waals surface area (Å²) in [6.45, 7) is 6.12. The van der Waals surface area contributed by atoms with Crippen molar-refractivity contribution in [2.75, 3.05) is 6.54 Å². The Bertz CT molecular complexity index is 583. The Morgan fingerprint density at radius 1 is 1.38 bits per heavy atom. The second-order valence-electron chi connectivity index (χ2n) is 6.30. The summed E-state index contributed by atoms with van der Waals surface area (Å²) in [6.07, 6.45) is 1.60. The number of carbonyl (C=O) groups is 2. The number of halogens is 1. The van der Waals surface area contributed by atoms with Crippen molar-refractivity contribution < 1.29 is 14.7 Å². The number of aliphatic carboxylic acids is 1. The summed E-state index contributed by atoms with van der Waals surface area (Å²) in [5.41, 5.74) is 0.894. The normalized spacial score (nSPS) is 21.1. The lowest BCUT2D eigenvalue weighted by molar-refractivity contribution is -0.148. The van der Waals surface area contributed by atoms with Crippen LogP contribution >= 0.6 is 11.6 Å². The maximum Gasteiger partial charge on any atom is 0.326 e. The summed E-state index contributed by atoms with van der Waals surface area (Å²) in [4.78, 5) is 25.8. The zero-order chi connectivity index (χ0) is 15.8. The number of benzene rings is 1. The number of amides is 1. The highest BCUT2D eigenvalue weighted by Crippen LogP contribution is 2.36. The van der Waals surface area contributed by atoms with Gasteiger partial charge in [-0.2, -0.15) is 0 Å². The van der Waals surface area contributed by atoms with Gasteiger partial charge < -0.3 is 10.0 Å². The Morgan fingerprint density at radius 2 is 2.05 bits per heavy atom. The highest BCUT2D eigenvalue weighted by Gasteiger charge is 2.44. The zero-order valence-electron chi connectivity index (χ0n) is 12.5. The van der Waals surface area contributed by atoms with Crippen LogP contribution in [0.3, 0.4) is 0 Å². The van der Waals surface area contributed by atoms with Gasteiger partial charge in [-0.3, -0.25) is 4.79 Å².